The van der Waals surface area contributed by atoms with Gasteiger partial charge in [-0.1, -0.05) is 182 Å². The molecule has 0 aliphatic carbocycles. The van der Waals surface area contributed by atoms with Crippen molar-refractivity contribution < 1.29 is 20.1 Å². The van der Waals surface area contributed by atoms with Crippen LogP contribution in [0.2, 0.25) is 0 Å². The van der Waals surface area contributed by atoms with Crippen molar-refractivity contribution in [3.8, 4) is 0 Å². The molecule has 4 fully saturated rings. The van der Waals surface area contributed by atoms with E-state index in [1.54, 1.807) is 6.92 Å². The number of aliphatic hydroxyl groups is 3. The predicted octanol–water partition coefficient (Wildman–Crippen LogP) is 7.63. The first-order valence-corrected chi connectivity index (χ1v) is 25.1. The van der Waals surface area contributed by atoms with Crippen molar-refractivity contribution in [2.45, 2.75) is 102 Å². The number of nitrogens with one attached hydrogen (secondary N) is 2. The smallest absolute Gasteiger partial charge is 0.0969 e. The van der Waals surface area contributed by atoms with E-state index >= 15 is 0 Å². The SMILES string of the molecule is CCO.NCc1ccccc1.O[C@H]1CCN(Cc2ccccc2)C[C@@H]1NCc1ccccc1.O[C@H]1CN(Cc2ccccc2)CCC1NCc1ccccc1.c1ccc(CN2CCC3OC3C2)cc1. The normalized spacial score (nSPS) is 22.0. The van der Waals surface area contributed by atoms with Crippen LogP contribution in [0.15, 0.2) is 182 Å². The van der Waals surface area contributed by atoms with Gasteiger partial charge in [0.05, 0.1) is 24.4 Å². The molecule has 10 rings (SSSR count). The number of piperidine rings is 3. The molecular formula is C59H78N6O4. The minimum atomic E-state index is -0.304. The van der Waals surface area contributed by atoms with Crippen LogP contribution in [0.4, 0.5) is 0 Å². The Bertz CT molecular complexity index is 2200. The summed E-state index contributed by atoms with van der Waals surface area (Å²) >= 11 is 0. The largest absolute Gasteiger partial charge is 0.397 e. The van der Waals surface area contributed by atoms with Crippen LogP contribution in [-0.2, 0) is 44.0 Å². The molecule has 10 nitrogen and oxygen atoms in total. The van der Waals surface area contributed by atoms with Gasteiger partial charge < -0.3 is 36.4 Å². The van der Waals surface area contributed by atoms with Gasteiger partial charge in [-0.3, -0.25) is 14.7 Å². The maximum atomic E-state index is 10.4. The van der Waals surface area contributed by atoms with Crippen molar-refractivity contribution in [1.82, 2.24) is 25.3 Å². The number of hydrogen-bond acceptors (Lipinski definition) is 10. The summed E-state index contributed by atoms with van der Waals surface area (Å²) in [7, 11) is 0. The molecule has 6 atom stereocenters. The Kier molecular flexibility index (Phi) is 23.6. The van der Waals surface area contributed by atoms with E-state index in [4.69, 9.17) is 15.6 Å². The third-order valence-electron chi connectivity index (χ3n) is 12.8. The first-order valence-electron chi connectivity index (χ1n) is 25.1. The van der Waals surface area contributed by atoms with Crippen molar-refractivity contribution in [3.05, 3.63) is 215 Å². The summed E-state index contributed by atoms with van der Waals surface area (Å²) in [6, 6.07) is 62.7. The summed E-state index contributed by atoms with van der Waals surface area (Å²) in [4.78, 5) is 7.24. The lowest BCUT2D eigenvalue weighted by Crippen LogP contribution is -2.53. The lowest BCUT2D eigenvalue weighted by molar-refractivity contribution is 0.0365. The van der Waals surface area contributed by atoms with Gasteiger partial charge in [-0.25, -0.2) is 0 Å². The van der Waals surface area contributed by atoms with E-state index in [0.29, 0.717) is 18.8 Å². The quantitative estimate of drug-likeness (QED) is 0.0643. The van der Waals surface area contributed by atoms with Crippen molar-refractivity contribution in [2.24, 2.45) is 5.73 Å². The first-order chi connectivity index (χ1) is 33.9. The third kappa shape index (κ3) is 20.0. The highest BCUT2D eigenvalue weighted by molar-refractivity contribution is 5.19. The fourth-order valence-corrected chi connectivity index (χ4v) is 8.95. The summed E-state index contributed by atoms with van der Waals surface area (Å²) in [5, 5.41) is 35.2. The molecule has 0 bridgehead atoms. The van der Waals surface area contributed by atoms with Crippen LogP contribution in [-0.4, -0.2) is 112 Å². The Labute approximate surface area is 412 Å². The minimum Gasteiger partial charge on any atom is -0.397 e. The number of ether oxygens (including phenoxy) is 1. The van der Waals surface area contributed by atoms with E-state index in [0.717, 1.165) is 78.3 Å². The second-order valence-electron chi connectivity index (χ2n) is 18.3. The van der Waals surface area contributed by atoms with Crippen molar-refractivity contribution in [1.29, 1.82) is 0 Å². The Hall–Kier alpha value is -5.08. The Morgan fingerprint density at radius 1 is 0.449 bits per heavy atom. The molecule has 0 aromatic heterocycles. The molecule has 4 aliphatic heterocycles. The molecule has 10 heteroatoms. The molecule has 4 aliphatic rings. The van der Waals surface area contributed by atoms with Gasteiger partial charge in [-0.05, 0) is 59.6 Å². The second-order valence-corrected chi connectivity index (χ2v) is 18.3. The summed E-state index contributed by atoms with van der Waals surface area (Å²) in [6.07, 6.45) is 3.63. The number of nitrogens with two attached hydrogens (primary N) is 1. The molecule has 4 saturated heterocycles. The maximum Gasteiger partial charge on any atom is 0.0969 e. The molecule has 0 amide bonds. The number of fused-ring (bicyclic) bond motifs is 1. The van der Waals surface area contributed by atoms with E-state index in [-0.39, 0.29) is 30.9 Å². The number of hydrogen-bond donors (Lipinski definition) is 6. The summed E-state index contributed by atoms with van der Waals surface area (Å²) < 4.78 is 5.50. The van der Waals surface area contributed by atoms with Crippen LogP contribution in [0, 0.1) is 0 Å². The Balaban J connectivity index is 0.000000156. The van der Waals surface area contributed by atoms with Crippen molar-refractivity contribution in [3.63, 3.8) is 0 Å². The molecule has 368 valence electrons. The zero-order valence-electron chi connectivity index (χ0n) is 40.8. The third-order valence-corrected chi connectivity index (χ3v) is 12.8. The lowest BCUT2D eigenvalue weighted by atomic mass is 10.0. The van der Waals surface area contributed by atoms with Crippen LogP contribution in [0.3, 0.4) is 0 Å². The summed E-state index contributed by atoms with van der Waals surface area (Å²) in [5.41, 5.74) is 13.1. The lowest BCUT2D eigenvalue weighted by Gasteiger charge is -2.36. The monoisotopic (exact) mass is 935 g/mol. The molecule has 6 aromatic carbocycles. The zero-order valence-corrected chi connectivity index (χ0v) is 40.8. The number of rotatable bonds is 13. The number of aliphatic hydroxyl groups excluding tert-OH is 3. The van der Waals surface area contributed by atoms with Crippen LogP contribution < -0.4 is 16.4 Å². The molecule has 7 N–H and O–H groups in total. The highest BCUT2D eigenvalue weighted by Gasteiger charge is 2.43. The highest BCUT2D eigenvalue weighted by Crippen LogP contribution is 2.31. The zero-order chi connectivity index (χ0) is 48.3. The van der Waals surface area contributed by atoms with Crippen LogP contribution >= 0.6 is 0 Å². The second kappa shape index (κ2) is 30.5. The average molecular weight is 935 g/mol. The van der Waals surface area contributed by atoms with E-state index in [1.165, 1.54) is 46.3 Å². The van der Waals surface area contributed by atoms with Gasteiger partial charge in [-0.2, -0.15) is 0 Å². The van der Waals surface area contributed by atoms with E-state index in [1.807, 2.05) is 54.6 Å². The molecule has 0 saturated carbocycles. The van der Waals surface area contributed by atoms with E-state index < -0.39 is 0 Å². The maximum absolute atomic E-state index is 10.4. The number of benzene rings is 6. The molecule has 0 spiro atoms. The number of epoxide rings is 1. The van der Waals surface area contributed by atoms with E-state index in [2.05, 4.69) is 153 Å². The molecule has 4 heterocycles. The average Bonchev–Trinajstić information content (AvgIpc) is 4.18. The standard InChI is InChI=1S/2C19H24N2O.C12H15NO.C7H9N.C2H6O/c22-19-11-12-21(14-17-9-5-2-6-10-17)15-18(19)20-13-16-7-3-1-4-8-16;22-19-15-21(14-17-9-5-2-6-10-17)12-11-18(19)20-13-16-7-3-1-4-8-16;1-2-4-10(5-3-1)8-13-7-6-11-12(9-13)14-11;8-6-7-4-2-1-3-5-7;1-2-3/h2*1-10,18-20,22H,11-15H2;1-5,11-12H,6-9H2;1-5H,6,8H2;3H,2H2,1H3/t18-,19-;18?,19-;;;/m00.../s1. The minimum absolute atomic E-state index is 0.137. The van der Waals surface area contributed by atoms with Crippen molar-refractivity contribution >= 4 is 0 Å². The van der Waals surface area contributed by atoms with Gasteiger partial charge in [0, 0.05) is 97.2 Å². The van der Waals surface area contributed by atoms with Gasteiger partial charge in [0.15, 0.2) is 0 Å². The fraction of sp³-hybridized carbons (Fsp3) is 0.390. The highest BCUT2D eigenvalue weighted by atomic mass is 16.6. The number of likely N-dealkylation sites (tertiary alicyclic amines) is 3. The van der Waals surface area contributed by atoms with Gasteiger partial charge in [0.1, 0.15) is 0 Å². The summed E-state index contributed by atoms with van der Waals surface area (Å²) in [5.74, 6) is 0. The summed E-state index contributed by atoms with van der Waals surface area (Å²) in [6.45, 7) is 13.1. The van der Waals surface area contributed by atoms with Gasteiger partial charge in [-0.15, -0.1) is 0 Å². The van der Waals surface area contributed by atoms with Gasteiger partial charge >= 0.3 is 0 Å². The molecule has 3 unspecified atom stereocenters. The molecule has 6 aromatic rings. The Morgan fingerprint density at radius 2 is 0.812 bits per heavy atom. The first kappa shape index (κ1) is 53.3. The van der Waals surface area contributed by atoms with Crippen LogP contribution in [0.25, 0.3) is 0 Å². The molecule has 69 heavy (non-hydrogen) atoms. The van der Waals surface area contributed by atoms with Gasteiger partial charge in [0.2, 0.25) is 0 Å². The Morgan fingerprint density at radius 3 is 1.22 bits per heavy atom. The topological polar surface area (TPSA) is 133 Å². The van der Waals surface area contributed by atoms with E-state index in [9.17, 15) is 10.2 Å². The predicted molar refractivity (Wildman–Crippen MR) is 281 cm³/mol. The number of nitrogens with zero attached hydrogens (tertiary/aromatic N) is 3. The number of β-amino-alcohol motifs (C(OH)–C–C–N with tert-alkyl or cyclic N) is 1. The molecule has 0 radical (unpaired) electrons. The van der Waals surface area contributed by atoms with Crippen LogP contribution in [0.5, 0.6) is 0 Å². The van der Waals surface area contributed by atoms with Gasteiger partial charge in [0.25, 0.3) is 0 Å². The fourth-order valence-electron chi connectivity index (χ4n) is 8.95. The van der Waals surface area contributed by atoms with Crippen molar-refractivity contribution in [2.75, 3.05) is 45.9 Å². The van der Waals surface area contributed by atoms with Crippen LogP contribution in [0.1, 0.15) is 59.6 Å². The molecular weight excluding hydrogens is 857 g/mol.